The molecule has 1 N–H and O–H groups in total. The van der Waals surface area contributed by atoms with Crippen molar-refractivity contribution in [1.29, 1.82) is 5.26 Å². The molecule has 1 heterocycles. The second kappa shape index (κ2) is 6.20. The van der Waals surface area contributed by atoms with Gasteiger partial charge in [0.15, 0.2) is 5.82 Å². The molecule has 0 atom stereocenters. The van der Waals surface area contributed by atoms with Gasteiger partial charge in [0.05, 0.1) is 5.69 Å². The van der Waals surface area contributed by atoms with Crippen LogP contribution in [0.1, 0.15) is 57.2 Å². The fourth-order valence-corrected chi connectivity index (χ4v) is 1.93. The molecule has 98 valence electrons. The quantitative estimate of drug-likeness (QED) is 0.870. The zero-order chi connectivity index (χ0) is 13.7. The molecule has 0 saturated heterocycles. The van der Waals surface area contributed by atoms with E-state index in [1.807, 2.05) is 20.8 Å². The first-order valence-electron chi connectivity index (χ1n) is 6.28. The number of hydrogen-bond donors (Lipinski definition) is 1. The molecule has 0 saturated carbocycles. The highest BCUT2D eigenvalue weighted by Crippen LogP contribution is 2.24. The molecule has 0 unspecified atom stereocenters. The van der Waals surface area contributed by atoms with Gasteiger partial charge >= 0.3 is 0 Å². The summed E-state index contributed by atoms with van der Waals surface area (Å²) in [7, 11) is 1.79. The minimum absolute atomic E-state index is 0.0817. The summed E-state index contributed by atoms with van der Waals surface area (Å²) >= 11 is 0. The molecule has 5 nitrogen and oxygen atoms in total. The number of amides is 1. The smallest absolute Gasteiger partial charge is 0.225 e. The average molecular weight is 248 g/mol. The molecule has 0 aromatic carbocycles. The van der Waals surface area contributed by atoms with Gasteiger partial charge in [0, 0.05) is 13.5 Å². The van der Waals surface area contributed by atoms with E-state index in [1.165, 1.54) is 0 Å². The minimum Gasteiger partial charge on any atom is -0.308 e. The van der Waals surface area contributed by atoms with E-state index in [2.05, 4.69) is 16.5 Å². The molecule has 0 aliphatic rings. The SMILES string of the molecule is CCCCC(=O)Nc1nn(C)c(C(C)C)c1C#N. The summed E-state index contributed by atoms with van der Waals surface area (Å²) in [5.41, 5.74) is 1.32. The Bertz CT molecular complexity index is 468. The van der Waals surface area contributed by atoms with Crippen LogP contribution in [0.2, 0.25) is 0 Å². The zero-order valence-corrected chi connectivity index (χ0v) is 11.4. The Hall–Kier alpha value is -1.83. The van der Waals surface area contributed by atoms with Crippen molar-refractivity contribution in [3.05, 3.63) is 11.3 Å². The van der Waals surface area contributed by atoms with Crippen molar-refractivity contribution in [2.24, 2.45) is 7.05 Å². The lowest BCUT2D eigenvalue weighted by molar-refractivity contribution is -0.116. The Morgan fingerprint density at radius 2 is 2.22 bits per heavy atom. The average Bonchev–Trinajstić information content (AvgIpc) is 2.62. The number of rotatable bonds is 5. The van der Waals surface area contributed by atoms with Crippen LogP contribution in [-0.4, -0.2) is 15.7 Å². The van der Waals surface area contributed by atoms with E-state index in [0.29, 0.717) is 17.8 Å². The summed E-state index contributed by atoms with van der Waals surface area (Å²) in [6, 6.07) is 2.13. The highest BCUT2D eigenvalue weighted by Gasteiger charge is 2.19. The van der Waals surface area contributed by atoms with E-state index in [1.54, 1.807) is 11.7 Å². The summed E-state index contributed by atoms with van der Waals surface area (Å²) in [4.78, 5) is 11.7. The normalized spacial score (nSPS) is 10.4. The maximum Gasteiger partial charge on any atom is 0.225 e. The Morgan fingerprint density at radius 1 is 1.56 bits per heavy atom. The highest BCUT2D eigenvalue weighted by molar-refractivity contribution is 5.91. The summed E-state index contributed by atoms with van der Waals surface area (Å²) in [5, 5.41) is 16.1. The van der Waals surface area contributed by atoms with Crippen molar-refractivity contribution >= 4 is 11.7 Å². The van der Waals surface area contributed by atoms with Gasteiger partial charge in [-0.3, -0.25) is 9.48 Å². The van der Waals surface area contributed by atoms with Crippen LogP contribution in [0.15, 0.2) is 0 Å². The first-order chi connectivity index (χ1) is 8.51. The monoisotopic (exact) mass is 248 g/mol. The van der Waals surface area contributed by atoms with E-state index >= 15 is 0 Å². The van der Waals surface area contributed by atoms with Crippen LogP contribution in [-0.2, 0) is 11.8 Å². The van der Waals surface area contributed by atoms with Crippen LogP contribution in [0, 0.1) is 11.3 Å². The number of carbonyl (C=O) groups is 1. The zero-order valence-electron chi connectivity index (χ0n) is 11.4. The summed E-state index contributed by atoms with van der Waals surface area (Å²) in [6.45, 7) is 6.03. The number of nitrogens with zero attached hydrogens (tertiary/aromatic N) is 3. The van der Waals surface area contributed by atoms with Gasteiger partial charge < -0.3 is 5.32 Å². The molecular formula is C13H20N4O. The van der Waals surface area contributed by atoms with Gasteiger partial charge in [-0.15, -0.1) is 0 Å². The van der Waals surface area contributed by atoms with Crippen molar-refractivity contribution in [2.75, 3.05) is 5.32 Å². The van der Waals surface area contributed by atoms with E-state index in [0.717, 1.165) is 18.5 Å². The van der Waals surface area contributed by atoms with Crippen LogP contribution < -0.4 is 5.32 Å². The van der Waals surface area contributed by atoms with Gasteiger partial charge in [0.1, 0.15) is 11.6 Å². The highest BCUT2D eigenvalue weighted by atomic mass is 16.1. The molecule has 18 heavy (non-hydrogen) atoms. The van der Waals surface area contributed by atoms with Crippen molar-refractivity contribution in [3.8, 4) is 6.07 Å². The fourth-order valence-electron chi connectivity index (χ4n) is 1.93. The van der Waals surface area contributed by atoms with Crippen molar-refractivity contribution in [1.82, 2.24) is 9.78 Å². The molecule has 0 radical (unpaired) electrons. The molecule has 1 amide bonds. The lowest BCUT2D eigenvalue weighted by atomic mass is 10.1. The van der Waals surface area contributed by atoms with Gasteiger partial charge in [0.25, 0.3) is 0 Å². The Balaban J connectivity index is 2.94. The topological polar surface area (TPSA) is 70.7 Å². The van der Waals surface area contributed by atoms with Gasteiger partial charge in [-0.2, -0.15) is 10.4 Å². The summed E-state index contributed by atoms with van der Waals surface area (Å²) < 4.78 is 1.67. The Kier molecular flexibility index (Phi) is 4.90. The standard InChI is InChI=1S/C13H20N4O/c1-5-6-7-11(18)15-13-10(8-14)12(9(2)3)17(4)16-13/h9H,5-7H2,1-4H3,(H,15,16,18). The van der Waals surface area contributed by atoms with Crippen LogP contribution >= 0.6 is 0 Å². The summed E-state index contributed by atoms with van der Waals surface area (Å²) in [6.07, 6.45) is 2.28. The lowest BCUT2D eigenvalue weighted by Gasteiger charge is -2.05. The van der Waals surface area contributed by atoms with E-state index < -0.39 is 0 Å². The van der Waals surface area contributed by atoms with Crippen LogP contribution in [0.25, 0.3) is 0 Å². The van der Waals surface area contributed by atoms with Gasteiger partial charge in [0.2, 0.25) is 5.91 Å². The van der Waals surface area contributed by atoms with Crippen molar-refractivity contribution in [3.63, 3.8) is 0 Å². The maximum absolute atomic E-state index is 11.7. The number of nitrogens with one attached hydrogen (secondary N) is 1. The molecule has 1 rings (SSSR count). The Morgan fingerprint density at radius 3 is 2.72 bits per heavy atom. The second-order valence-corrected chi connectivity index (χ2v) is 4.65. The molecule has 0 bridgehead atoms. The van der Waals surface area contributed by atoms with Crippen molar-refractivity contribution in [2.45, 2.75) is 46.0 Å². The van der Waals surface area contributed by atoms with Crippen molar-refractivity contribution < 1.29 is 4.79 Å². The van der Waals surface area contributed by atoms with Crippen LogP contribution in [0.4, 0.5) is 5.82 Å². The third-order valence-corrected chi connectivity index (χ3v) is 2.77. The molecule has 1 aromatic rings. The summed E-state index contributed by atoms with van der Waals surface area (Å²) in [5.74, 6) is 0.491. The number of nitriles is 1. The third kappa shape index (κ3) is 3.10. The molecule has 0 aliphatic carbocycles. The van der Waals surface area contributed by atoms with Gasteiger partial charge in [-0.1, -0.05) is 27.2 Å². The number of unbranched alkanes of at least 4 members (excludes halogenated alkanes) is 1. The molecular weight excluding hydrogens is 228 g/mol. The third-order valence-electron chi connectivity index (χ3n) is 2.77. The number of anilines is 1. The fraction of sp³-hybridized carbons (Fsp3) is 0.615. The molecule has 0 aliphatic heterocycles. The number of aryl methyl sites for hydroxylation is 1. The van der Waals surface area contributed by atoms with E-state index in [-0.39, 0.29) is 11.8 Å². The molecule has 0 spiro atoms. The first kappa shape index (κ1) is 14.2. The molecule has 1 aromatic heterocycles. The molecule has 0 fully saturated rings. The number of hydrogen-bond acceptors (Lipinski definition) is 3. The first-order valence-corrected chi connectivity index (χ1v) is 6.28. The Labute approximate surface area is 108 Å². The van der Waals surface area contributed by atoms with Crippen LogP contribution in [0.3, 0.4) is 0 Å². The van der Waals surface area contributed by atoms with Gasteiger partial charge in [-0.05, 0) is 12.3 Å². The van der Waals surface area contributed by atoms with Gasteiger partial charge in [-0.25, -0.2) is 0 Å². The number of carbonyl (C=O) groups excluding carboxylic acids is 1. The lowest BCUT2D eigenvalue weighted by Crippen LogP contribution is -2.12. The molecule has 5 heteroatoms. The second-order valence-electron chi connectivity index (χ2n) is 4.65. The predicted molar refractivity (Wildman–Crippen MR) is 70.2 cm³/mol. The predicted octanol–water partition coefficient (Wildman–Crippen LogP) is 2.54. The van der Waals surface area contributed by atoms with Crippen LogP contribution in [0.5, 0.6) is 0 Å². The largest absolute Gasteiger partial charge is 0.308 e. The van der Waals surface area contributed by atoms with E-state index in [9.17, 15) is 10.1 Å². The van der Waals surface area contributed by atoms with E-state index in [4.69, 9.17) is 0 Å². The minimum atomic E-state index is -0.0817. The maximum atomic E-state index is 11.7. The number of aromatic nitrogens is 2.